The SMILES string of the molecule is CN1CC[C@@H](CNC(=O)CSC23CC4CC(CC(C4)C2)C3)C1. The van der Waals surface area contributed by atoms with E-state index in [4.69, 9.17) is 0 Å². The van der Waals surface area contributed by atoms with E-state index in [1.807, 2.05) is 11.8 Å². The molecule has 5 rings (SSSR count). The number of thioether (sulfide) groups is 1. The summed E-state index contributed by atoms with van der Waals surface area (Å²) in [5, 5.41) is 3.19. The van der Waals surface area contributed by atoms with E-state index in [2.05, 4.69) is 17.3 Å². The molecule has 3 nitrogen and oxygen atoms in total. The summed E-state index contributed by atoms with van der Waals surface area (Å²) in [6.07, 6.45) is 9.88. The summed E-state index contributed by atoms with van der Waals surface area (Å²) in [6.45, 7) is 3.20. The van der Waals surface area contributed by atoms with Gasteiger partial charge in [0, 0.05) is 17.8 Å². The van der Waals surface area contributed by atoms with Crippen molar-refractivity contribution in [2.45, 2.75) is 49.7 Å². The lowest BCUT2D eigenvalue weighted by molar-refractivity contribution is -0.118. The Labute approximate surface area is 139 Å². The molecule has 0 aromatic carbocycles. The predicted molar refractivity (Wildman–Crippen MR) is 92.0 cm³/mol. The second kappa shape index (κ2) is 6.01. The zero-order valence-electron chi connectivity index (χ0n) is 13.9. The maximum Gasteiger partial charge on any atom is 0.230 e. The third-order valence-electron chi connectivity index (χ3n) is 6.57. The second-order valence-electron chi connectivity index (χ2n) is 8.61. The number of carbonyl (C=O) groups is 1. The molecule has 124 valence electrons. The van der Waals surface area contributed by atoms with E-state index in [1.54, 1.807) is 0 Å². The number of rotatable bonds is 5. The molecule has 1 saturated heterocycles. The van der Waals surface area contributed by atoms with Crippen molar-refractivity contribution in [1.29, 1.82) is 0 Å². The first-order chi connectivity index (χ1) is 10.6. The van der Waals surface area contributed by atoms with Gasteiger partial charge < -0.3 is 10.2 Å². The van der Waals surface area contributed by atoms with E-state index in [0.29, 0.717) is 16.4 Å². The highest BCUT2D eigenvalue weighted by molar-refractivity contribution is 8.01. The average Bonchev–Trinajstić information content (AvgIpc) is 2.87. The average molecular weight is 323 g/mol. The Kier molecular flexibility index (Phi) is 4.18. The Morgan fingerprint density at radius 3 is 2.36 bits per heavy atom. The summed E-state index contributed by atoms with van der Waals surface area (Å²) in [4.78, 5) is 14.6. The molecule has 4 heteroatoms. The predicted octanol–water partition coefficient (Wildman–Crippen LogP) is 2.76. The van der Waals surface area contributed by atoms with Gasteiger partial charge in [0.1, 0.15) is 0 Å². The number of hydrogen-bond donors (Lipinski definition) is 1. The lowest BCUT2D eigenvalue weighted by Crippen LogP contribution is -2.49. The number of amides is 1. The zero-order chi connectivity index (χ0) is 15.2. The van der Waals surface area contributed by atoms with Crippen molar-refractivity contribution in [2.75, 3.05) is 32.4 Å². The van der Waals surface area contributed by atoms with Gasteiger partial charge >= 0.3 is 0 Å². The quantitative estimate of drug-likeness (QED) is 0.845. The first-order valence-corrected chi connectivity index (χ1v) is 10.2. The Balaban J connectivity index is 1.23. The zero-order valence-corrected chi connectivity index (χ0v) is 14.7. The number of carbonyl (C=O) groups excluding carboxylic acids is 1. The van der Waals surface area contributed by atoms with Crippen LogP contribution in [0.5, 0.6) is 0 Å². The van der Waals surface area contributed by atoms with E-state index in [1.165, 1.54) is 51.5 Å². The fraction of sp³-hybridized carbons (Fsp3) is 0.944. The smallest absolute Gasteiger partial charge is 0.230 e. The van der Waals surface area contributed by atoms with Crippen LogP contribution in [-0.2, 0) is 4.79 Å². The van der Waals surface area contributed by atoms with Crippen molar-refractivity contribution in [3.8, 4) is 0 Å². The Morgan fingerprint density at radius 1 is 1.18 bits per heavy atom. The van der Waals surface area contributed by atoms with Gasteiger partial charge in [-0.3, -0.25) is 4.79 Å². The molecule has 0 aromatic heterocycles. The van der Waals surface area contributed by atoms with Gasteiger partial charge in [0.2, 0.25) is 5.91 Å². The van der Waals surface area contributed by atoms with Gasteiger partial charge in [-0.2, -0.15) is 0 Å². The van der Waals surface area contributed by atoms with Gasteiger partial charge in [-0.1, -0.05) is 0 Å². The Bertz CT molecular complexity index is 404. The van der Waals surface area contributed by atoms with Crippen LogP contribution in [0.4, 0.5) is 0 Å². The molecule has 0 unspecified atom stereocenters. The molecule has 22 heavy (non-hydrogen) atoms. The summed E-state index contributed by atoms with van der Waals surface area (Å²) < 4.78 is 0.472. The lowest BCUT2D eigenvalue weighted by atomic mass is 9.56. The molecular weight excluding hydrogens is 292 g/mol. The summed E-state index contributed by atoms with van der Waals surface area (Å²) in [5.74, 6) is 4.57. The van der Waals surface area contributed by atoms with Crippen molar-refractivity contribution in [3.05, 3.63) is 0 Å². The maximum absolute atomic E-state index is 12.2. The minimum atomic E-state index is 0.273. The van der Waals surface area contributed by atoms with Crippen molar-refractivity contribution >= 4 is 17.7 Å². The molecule has 0 spiro atoms. The van der Waals surface area contributed by atoms with Crippen LogP contribution in [0.15, 0.2) is 0 Å². The van der Waals surface area contributed by atoms with Crippen molar-refractivity contribution in [2.24, 2.45) is 23.7 Å². The van der Waals surface area contributed by atoms with E-state index in [-0.39, 0.29) is 5.91 Å². The molecule has 1 N–H and O–H groups in total. The highest BCUT2D eigenvalue weighted by Gasteiger charge is 2.51. The second-order valence-corrected chi connectivity index (χ2v) is 10.1. The van der Waals surface area contributed by atoms with Gasteiger partial charge in [-0.25, -0.2) is 0 Å². The van der Waals surface area contributed by atoms with Crippen LogP contribution >= 0.6 is 11.8 Å². The lowest BCUT2D eigenvalue weighted by Gasteiger charge is -2.56. The van der Waals surface area contributed by atoms with Crippen LogP contribution < -0.4 is 5.32 Å². The largest absolute Gasteiger partial charge is 0.355 e. The molecule has 1 atom stereocenters. The summed E-state index contributed by atoms with van der Waals surface area (Å²) in [7, 11) is 2.17. The number of nitrogens with zero attached hydrogens (tertiary/aromatic N) is 1. The fourth-order valence-electron chi connectivity index (χ4n) is 5.93. The Morgan fingerprint density at radius 2 is 1.82 bits per heavy atom. The molecule has 5 aliphatic rings. The van der Waals surface area contributed by atoms with E-state index in [0.717, 1.165) is 30.8 Å². The van der Waals surface area contributed by atoms with Crippen molar-refractivity contribution in [3.63, 3.8) is 0 Å². The van der Waals surface area contributed by atoms with Gasteiger partial charge in [0.25, 0.3) is 0 Å². The molecule has 1 amide bonds. The molecule has 1 heterocycles. The van der Waals surface area contributed by atoms with Crippen LogP contribution in [0.3, 0.4) is 0 Å². The molecular formula is C18H30N2OS. The standard InChI is InChI=1S/C18H30N2OS/c1-20-3-2-13(11-20)10-19-17(21)12-22-18-7-14-4-15(8-18)6-16(5-14)9-18/h13-16H,2-12H2,1H3,(H,19,21)/t13-,14?,15?,16?,18?/m0/s1. The monoisotopic (exact) mass is 322 g/mol. The third-order valence-corrected chi connectivity index (χ3v) is 8.09. The first-order valence-electron chi connectivity index (χ1n) is 9.19. The van der Waals surface area contributed by atoms with E-state index < -0.39 is 0 Å². The number of hydrogen-bond acceptors (Lipinski definition) is 3. The number of nitrogens with one attached hydrogen (secondary N) is 1. The molecule has 1 aliphatic heterocycles. The third kappa shape index (κ3) is 3.19. The van der Waals surface area contributed by atoms with Crippen LogP contribution in [-0.4, -0.2) is 48.0 Å². The van der Waals surface area contributed by atoms with E-state index >= 15 is 0 Å². The first kappa shape index (κ1) is 15.3. The van der Waals surface area contributed by atoms with Crippen LogP contribution in [0.25, 0.3) is 0 Å². The highest BCUT2D eigenvalue weighted by atomic mass is 32.2. The van der Waals surface area contributed by atoms with Gasteiger partial charge in [-0.05, 0) is 82.2 Å². The van der Waals surface area contributed by atoms with Crippen LogP contribution in [0.2, 0.25) is 0 Å². The fourth-order valence-corrected chi connectivity index (χ4v) is 7.53. The van der Waals surface area contributed by atoms with Gasteiger partial charge in [0.05, 0.1) is 5.75 Å². The van der Waals surface area contributed by atoms with Crippen molar-refractivity contribution < 1.29 is 4.79 Å². The van der Waals surface area contributed by atoms with Crippen molar-refractivity contribution in [1.82, 2.24) is 10.2 Å². The summed E-state index contributed by atoms with van der Waals surface area (Å²) >= 11 is 2.00. The van der Waals surface area contributed by atoms with E-state index in [9.17, 15) is 4.79 Å². The summed E-state index contributed by atoms with van der Waals surface area (Å²) in [5.41, 5.74) is 0. The van der Waals surface area contributed by atoms with Gasteiger partial charge in [0.15, 0.2) is 0 Å². The minimum absolute atomic E-state index is 0.273. The Hall–Kier alpha value is -0.220. The molecule has 0 aromatic rings. The highest BCUT2D eigenvalue weighted by Crippen LogP contribution is 2.60. The number of likely N-dealkylation sites (tertiary alicyclic amines) is 1. The van der Waals surface area contributed by atoms with Crippen LogP contribution in [0.1, 0.15) is 44.9 Å². The topological polar surface area (TPSA) is 32.3 Å². The van der Waals surface area contributed by atoms with Gasteiger partial charge in [-0.15, -0.1) is 11.8 Å². The summed E-state index contributed by atoms with van der Waals surface area (Å²) in [6, 6.07) is 0. The molecule has 4 saturated carbocycles. The normalized spacial score (nSPS) is 43.7. The molecule has 0 radical (unpaired) electrons. The molecule has 4 aliphatic carbocycles. The molecule has 4 bridgehead atoms. The minimum Gasteiger partial charge on any atom is -0.355 e. The maximum atomic E-state index is 12.2. The molecule has 5 fully saturated rings. The van der Waals surface area contributed by atoms with Crippen LogP contribution in [0, 0.1) is 23.7 Å².